The van der Waals surface area contributed by atoms with Crippen molar-refractivity contribution in [2.75, 3.05) is 6.26 Å². The molecule has 2 nitrogen and oxygen atoms in total. The molecule has 0 bridgehead atoms. The summed E-state index contributed by atoms with van der Waals surface area (Å²) in [6, 6.07) is 3.85. The van der Waals surface area contributed by atoms with Crippen molar-refractivity contribution in [2.45, 2.75) is 13.0 Å². The Morgan fingerprint density at radius 3 is 2.86 bits per heavy atom. The largest absolute Gasteiger partial charge is 0.471 e. The highest BCUT2D eigenvalue weighted by Crippen LogP contribution is 2.19. The molecule has 0 radical (unpaired) electrons. The minimum Gasteiger partial charge on any atom is -0.471 e. The molecule has 0 saturated carbocycles. The van der Waals surface area contributed by atoms with E-state index in [0.717, 1.165) is 10.2 Å². The Kier molecular flexibility index (Phi) is 4.84. The van der Waals surface area contributed by atoms with Crippen molar-refractivity contribution in [2.24, 2.45) is 0 Å². The van der Waals surface area contributed by atoms with E-state index >= 15 is 0 Å². The van der Waals surface area contributed by atoms with E-state index in [-0.39, 0.29) is 6.10 Å². The number of rotatable bonds is 2. The fraction of sp³-hybridized carbons (Fsp3) is 0.333. The molecule has 1 unspecified atom stereocenters. The average molecular weight is 292 g/mol. The second kappa shape index (κ2) is 5.68. The van der Waals surface area contributed by atoms with Gasteiger partial charge in [0.15, 0.2) is 0 Å². The van der Waals surface area contributed by atoms with E-state index in [2.05, 4.69) is 20.9 Å². The summed E-state index contributed by atoms with van der Waals surface area (Å²) in [6.07, 6.45) is 3.63. The van der Waals surface area contributed by atoms with Crippen LogP contribution in [0.5, 0.6) is 0 Å². The van der Waals surface area contributed by atoms with Gasteiger partial charge >= 0.3 is 0 Å². The molecule has 0 amide bonds. The molecule has 0 spiro atoms. The van der Waals surface area contributed by atoms with Crippen molar-refractivity contribution in [3.63, 3.8) is 0 Å². The van der Waals surface area contributed by atoms with Crippen LogP contribution in [0.2, 0.25) is 0 Å². The van der Waals surface area contributed by atoms with E-state index in [0.29, 0.717) is 4.38 Å². The summed E-state index contributed by atoms with van der Waals surface area (Å²) in [5.41, 5.74) is 1.02. The molecular formula is C9H10BrNOS2. The van der Waals surface area contributed by atoms with Crippen LogP contribution in [-0.2, 0) is 4.74 Å². The molecule has 14 heavy (non-hydrogen) atoms. The number of hydrogen-bond donors (Lipinski definition) is 0. The van der Waals surface area contributed by atoms with Crippen LogP contribution in [0.15, 0.2) is 22.9 Å². The minimum atomic E-state index is -0.0458. The average Bonchev–Trinajstić information content (AvgIpc) is 2.18. The number of thioether (sulfide) groups is 1. The molecule has 1 atom stereocenters. The van der Waals surface area contributed by atoms with Crippen LogP contribution in [0.25, 0.3) is 0 Å². The number of pyridine rings is 1. The van der Waals surface area contributed by atoms with E-state index in [1.165, 1.54) is 11.8 Å². The fourth-order valence-corrected chi connectivity index (χ4v) is 1.51. The maximum atomic E-state index is 5.46. The second-order valence-electron chi connectivity index (χ2n) is 2.63. The standard InChI is InChI=1S/C9H10BrNOS2/c1-6(12-9(13)14-2)7-3-4-8(10)11-5-7/h3-6H,1-2H3. The number of hydrogen-bond acceptors (Lipinski definition) is 4. The van der Waals surface area contributed by atoms with Crippen molar-refractivity contribution >= 4 is 44.3 Å². The summed E-state index contributed by atoms with van der Waals surface area (Å²) in [6.45, 7) is 1.95. The number of thiocarbonyl (C=S) groups is 1. The van der Waals surface area contributed by atoms with Gasteiger partial charge in [0.25, 0.3) is 0 Å². The molecule has 0 aromatic carbocycles. The highest BCUT2D eigenvalue weighted by molar-refractivity contribution is 9.10. The van der Waals surface area contributed by atoms with Crippen molar-refractivity contribution in [3.05, 3.63) is 28.5 Å². The maximum absolute atomic E-state index is 5.46. The van der Waals surface area contributed by atoms with Gasteiger partial charge in [0.1, 0.15) is 10.7 Å². The van der Waals surface area contributed by atoms with E-state index in [9.17, 15) is 0 Å². The molecule has 0 aliphatic rings. The number of aromatic nitrogens is 1. The van der Waals surface area contributed by atoms with Crippen molar-refractivity contribution in [1.82, 2.24) is 4.98 Å². The lowest BCUT2D eigenvalue weighted by Crippen LogP contribution is -2.03. The minimum absolute atomic E-state index is 0.0458. The smallest absolute Gasteiger partial charge is 0.220 e. The van der Waals surface area contributed by atoms with Crippen molar-refractivity contribution < 1.29 is 4.74 Å². The summed E-state index contributed by atoms with van der Waals surface area (Å²) in [5, 5.41) is 0. The maximum Gasteiger partial charge on any atom is 0.220 e. The lowest BCUT2D eigenvalue weighted by atomic mass is 10.2. The van der Waals surface area contributed by atoms with Gasteiger partial charge in [0, 0.05) is 11.8 Å². The number of nitrogens with zero attached hydrogens (tertiary/aromatic N) is 1. The van der Waals surface area contributed by atoms with Gasteiger partial charge in [0.2, 0.25) is 4.38 Å². The van der Waals surface area contributed by atoms with Crippen LogP contribution in [0.3, 0.4) is 0 Å². The molecule has 1 rings (SSSR count). The molecule has 5 heteroatoms. The highest BCUT2D eigenvalue weighted by Gasteiger charge is 2.08. The Hall–Kier alpha value is -0.130. The van der Waals surface area contributed by atoms with Crippen LogP contribution in [0.4, 0.5) is 0 Å². The molecule has 1 aromatic heterocycles. The van der Waals surface area contributed by atoms with Gasteiger partial charge < -0.3 is 4.74 Å². The Morgan fingerprint density at radius 2 is 2.36 bits per heavy atom. The topological polar surface area (TPSA) is 22.1 Å². The fourth-order valence-electron chi connectivity index (χ4n) is 0.888. The van der Waals surface area contributed by atoms with Gasteiger partial charge in [-0.3, -0.25) is 0 Å². The first-order valence-electron chi connectivity index (χ1n) is 3.99. The summed E-state index contributed by atoms with van der Waals surface area (Å²) in [5.74, 6) is 0. The zero-order valence-corrected chi connectivity index (χ0v) is 11.1. The van der Waals surface area contributed by atoms with E-state index in [4.69, 9.17) is 17.0 Å². The second-order valence-corrected chi connectivity index (χ2v) is 4.85. The zero-order chi connectivity index (χ0) is 10.6. The molecular weight excluding hydrogens is 282 g/mol. The summed E-state index contributed by atoms with van der Waals surface area (Å²) in [4.78, 5) is 4.12. The van der Waals surface area contributed by atoms with Gasteiger partial charge in [-0.1, -0.05) is 17.8 Å². The monoisotopic (exact) mass is 291 g/mol. The highest BCUT2D eigenvalue weighted by atomic mass is 79.9. The predicted octanol–water partition coefficient (Wildman–Crippen LogP) is 3.57. The normalized spacial score (nSPS) is 12.2. The SMILES string of the molecule is CSC(=S)OC(C)c1ccc(Br)nc1. The molecule has 0 aliphatic heterocycles. The Labute approximate surface area is 102 Å². The summed E-state index contributed by atoms with van der Waals surface area (Å²) >= 11 is 9.68. The number of ether oxygens (including phenoxy) is 1. The van der Waals surface area contributed by atoms with Crippen LogP contribution in [0.1, 0.15) is 18.6 Å². The third kappa shape index (κ3) is 3.55. The predicted molar refractivity (Wildman–Crippen MR) is 67.6 cm³/mol. The van der Waals surface area contributed by atoms with E-state index in [1.54, 1.807) is 6.20 Å². The Balaban J connectivity index is 2.65. The molecule has 1 heterocycles. The van der Waals surface area contributed by atoms with Crippen molar-refractivity contribution in [1.29, 1.82) is 0 Å². The lowest BCUT2D eigenvalue weighted by Gasteiger charge is -2.13. The van der Waals surface area contributed by atoms with Crippen LogP contribution in [-0.4, -0.2) is 15.6 Å². The van der Waals surface area contributed by atoms with Crippen LogP contribution in [0, 0.1) is 0 Å². The van der Waals surface area contributed by atoms with Gasteiger partial charge in [0.05, 0.1) is 0 Å². The van der Waals surface area contributed by atoms with Crippen LogP contribution >= 0.6 is 39.9 Å². The first-order valence-corrected chi connectivity index (χ1v) is 6.42. The summed E-state index contributed by atoms with van der Waals surface area (Å²) < 4.78 is 6.84. The van der Waals surface area contributed by atoms with Crippen LogP contribution < -0.4 is 0 Å². The molecule has 0 saturated heterocycles. The number of halogens is 1. The van der Waals surface area contributed by atoms with Gasteiger partial charge in [-0.2, -0.15) is 0 Å². The van der Waals surface area contributed by atoms with Crippen molar-refractivity contribution in [3.8, 4) is 0 Å². The summed E-state index contributed by atoms with van der Waals surface area (Å²) in [7, 11) is 0. The molecule has 0 aliphatic carbocycles. The molecule has 1 aromatic rings. The quantitative estimate of drug-likeness (QED) is 0.613. The lowest BCUT2D eigenvalue weighted by molar-refractivity contribution is 0.226. The van der Waals surface area contributed by atoms with Gasteiger partial charge in [-0.25, -0.2) is 4.98 Å². The first-order chi connectivity index (χ1) is 6.63. The molecule has 76 valence electrons. The van der Waals surface area contributed by atoms with E-state index < -0.39 is 0 Å². The van der Waals surface area contributed by atoms with E-state index in [1.807, 2.05) is 25.3 Å². The third-order valence-electron chi connectivity index (χ3n) is 1.66. The molecule has 0 fully saturated rings. The third-order valence-corrected chi connectivity index (χ3v) is 3.15. The Bertz CT molecular complexity index is 315. The van der Waals surface area contributed by atoms with Gasteiger partial charge in [-0.05, 0) is 47.4 Å². The zero-order valence-electron chi connectivity index (χ0n) is 7.86. The first kappa shape index (κ1) is 11.9. The van der Waals surface area contributed by atoms with Gasteiger partial charge in [-0.15, -0.1) is 0 Å². The molecule has 0 N–H and O–H groups in total. The Morgan fingerprint density at radius 1 is 1.64 bits per heavy atom.